The van der Waals surface area contributed by atoms with Crippen LogP contribution in [0, 0.1) is 0 Å². The summed E-state index contributed by atoms with van der Waals surface area (Å²) >= 11 is 5.99. The first-order valence-electron chi connectivity index (χ1n) is 7.38. The maximum atomic E-state index is 11.3. The van der Waals surface area contributed by atoms with Gasteiger partial charge in [0.15, 0.2) is 5.96 Å². The lowest BCUT2D eigenvalue weighted by Crippen LogP contribution is -2.39. The molecule has 0 aliphatic heterocycles. The summed E-state index contributed by atoms with van der Waals surface area (Å²) in [5, 5.41) is 3.96. The maximum Gasteiger partial charge on any atom is 0.305 e. The van der Waals surface area contributed by atoms with Crippen molar-refractivity contribution in [2.45, 2.75) is 26.3 Å². The van der Waals surface area contributed by atoms with Crippen LogP contribution in [0.15, 0.2) is 29.3 Å². The molecule has 22 heavy (non-hydrogen) atoms. The topological polar surface area (TPSA) is 53.9 Å². The first-order chi connectivity index (χ1) is 10.6. The van der Waals surface area contributed by atoms with Crippen LogP contribution in [0.3, 0.4) is 0 Å². The molecule has 0 aromatic heterocycles. The Labute approximate surface area is 137 Å². The zero-order valence-corrected chi connectivity index (χ0v) is 14.2. The molecule has 0 unspecified atom stereocenters. The van der Waals surface area contributed by atoms with Crippen molar-refractivity contribution in [3.8, 4) is 0 Å². The van der Waals surface area contributed by atoms with Gasteiger partial charge in [-0.15, -0.1) is 0 Å². The van der Waals surface area contributed by atoms with Crippen molar-refractivity contribution < 1.29 is 9.53 Å². The highest BCUT2D eigenvalue weighted by atomic mass is 35.5. The number of halogens is 1. The predicted octanol–water partition coefficient (Wildman–Crippen LogP) is 2.69. The summed E-state index contributed by atoms with van der Waals surface area (Å²) in [6, 6.07) is 7.75. The van der Waals surface area contributed by atoms with Gasteiger partial charge < -0.3 is 15.0 Å². The summed E-state index contributed by atoms with van der Waals surface area (Å²) in [4.78, 5) is 17.5. The first-order valence-corrected chi connectivity index (χ1v) is 7.76. The molecule has 0 heterocycles. The second-order valence-electron chi connectivity index (χ2n) is 4.87. The Bertz CT molecular complexity index is 506. The van der Waals surface area contributed by atoms with Crippen molar-refractivity contribution in [1.82, 2.24) is 10.2 Å². The third-order valence-corrected chi connectivity index (χ3v) is 3.26. The van der Waals surface area contributed by atoms with Gasteiger partial charge >= 0.3 is 5.97 Å². The lowest BCUT2D eigenvalue weighted by molar-refractivity contribution is -0.143. The number of guanidine groups is 1. The molecule has 0 aliphatic carbocycles. The van der Waals surface area contributed by atoms with E-state index in [-0.39, 0.29) is 5.97 Å². The van der Waals surface area contributed by atoms with Crippen molar-refractivity contribution >= 4 is 23.5 Å². The molecule has 6 heteroatoms. The molecule has 0 radical (unpaired) electrons. The van der Waals surface area contributed by atoms with E-state index in [1.165, 1.54) is 0 Å². The molecule has 5 nitrogen and oxygen atoms in total. The number of carbonyl (C=O) groups excluding carboxylic acids is 1. The van der Waals surface area contributed by atoms with E-state index in [0.717, 1.165) is 16.5 Å². The van der Waals surface area contributed by atoms with Crippen molar-refractivity contribution in [3.63, 3.8) is 0 Å². The molecule has 1 rings (SSSR count). The Balaban J connectivity index is 2.39. The zero-order valence-electron chi connectivity index (χ0n) is 13.4. The Morgan fingerprint density at radius 3 is 2.86 bits per heavy atom. The predicted molar refractivity (Wildman–Crippen MR) is 90.1 cm³/mol. The monoisotopic (exact) mass is 325 g/mol. The number of hydrogen-bond acceptors (Lipinski definition) is 3. The van der Waals surface area contributed by atoms with Crippen LogP contribution in [0.25, 0.3) is 0 Å². The molecule has 0 saturated carbocycles. The molecule has 0 bridgehead atoms. The number of carbonyl (C=O) groups is 1. The summed E-state index contributed by atoms with van der Waals surface area (Å²) in [5.41, 5.74) is 1.12. The molecular formula is C16H24ClN3O2. The van der Waals surface area contributed by atoms with Crippen LogP contribution < -0.4 is 5.32 Å². The van der Waals surface area contributed by atoms with Gasteiger partial charge in [0.05, 0.1) is 6.61 Å². The van der Waals surface area contributed by atoms with E-state index in [0.29, 0.717) is 32.5 Å². The van der Waals surface area contributed by atoms with Gasteiger partial charge in [0.1, 0.15) is 0 Å². The molecule has 1 aromatic carbocycles. The number of aliphatic imine (C=N–C) groups is 1. The van der Waals surface area contributed by atoms with Crippen molar-refractivity contribution in [1.29, 1.82) is 0 Å². The minimum Gasteiger partial charge on any atom is -0.466 e. The molecule has 0 atom stereocenters. The molecule has 0 spiro atoms. The van der Waals surface area contributed by atoms with E-state index < -0.39 is 0 Å². The van der Waals surface area contributed by atoms with Gasteiger partial charge in [-0.2, -0.15) is 0 Å². The van der Waals surface area contributed by atoms with Crippen molar-refractivity contribution in [3.05, 3.63) is 34.9 Å². The number of benzene rings is 1. The number of hydrogen-bond donors (Lipinski definition) is 1. The number of rotatable bonds is 7. The molecule has 0 fully saturated rings. The largest absolute Gasteiger partial charge is 0.466 e. The minimum atomic E-state index is -0.161. The summed E-state index contributed by atoms with van der Waals surface area (Å²) in [6.45, 7) is 3.61. The fourth-order valence-corrected chi connectivity index (χ4v) is 2.25. The van der Waals surface area contributed by atoms with E-state index in [2.05, 4.69) is 10.3 Å². The smallest absolute Gasteiger partial charge is 0.305 e. The zero-order chi connectivity index (χ0) is 16.4. The first kappa shape index (κ1) is 18.3. The summed E-state index contributed by atoms with van der Waals surface area (Å²) in [5.74, 6) is 0.621. The summed E-state index contributed by atoms with van der Waals surface area (Å²) < 4.78 is 4.89. The highest BCUT2D eigenvalue weighted by Crippen LogP contribution is 2.12. The Morgan fingerprint density at radius 1 is 1.45 bits per heavy atom. The van der Waals surface area contributed by atoms with Gasteiger partial charge in [-0.25, -0.2) is 0 Å². The average molecular weight is 326 g/mol. The van der Waals surface area contributed by atoms with Crippen molar-refractivity contribution in [2.24, 2.45) is 4.99 Å². The molecule has 1 N–H and O–H groups in total. The summed E-state index contributed by atoms with van der Waals surface area (Å²) in [7, 11) is 3.70. The van der Waals surface area contributed by atoms with E-state index in [9.17, 15) is 4.79 Å². The Kier molecular flexibility index (Phi) is 8.36. The van der Waals surface area contributed by atoms with Crippen LogP contribution in [0.5, 0.6) is 0 Å². The van der Waals surface area contributed by atoms with Crippen LogP contribution in [0.1, 0.15) is 25.3 Å². The van der Waals surface area contributed by atoms with Crippen LogP contribution in [0.2, 0.25) is 5.02 Å². The maximum absolute atomic E-state index is 11.3. The normalized spacial score (nSPS) is 11.2. The van der Waals surface area contributed by atoms with Crippen LogP contribution in [-0.4, -0.2) is 44.1 Å². The quantitative estimate of drug-likeness (QED) is 0.362. The van der Waals surface area contributed by atoms with Crippen molar-refractivity contribution in [2.75, 3.05) is 27.2 Å². The van der Waals surface area contributed by atoms with E-state index in [1.807, 2.05) is 43.1 Å². The fourth-order valence-electron chi connectivity index (χ4n) is 2.03. The van der Waals surface area contributed by atoms with Gasteiger partial charge in [0.25, 0.3) is 0 Å². The Hall–Kier alpha value is -1.75. The van der Waals surface area contributed by atoms with Gasteiger partial charge in [0.2, 0.25) is 0 Å². The number of ether oxygens (including phenoxy) is 1. The number of nitrogens with zero attached hydrogens (tertiary/aromatic N) is 2. The average Bonchev–Trinajstić information content (AvgIpc) is 2.47. The third kappa shape index (κ3) is 6.80. The van der Waals surface area contributed by atoms with E-state index in [1.54, 1.807) is 7.05 Å². The highest BCUT2D eigenvalue weighted by Gasteiger charge is 2.07. The molecule has 0 amide bonds. The Morgan fingerprint density at radius 2 is 2.23 bits per heavy atom. The molecule has 1 aromatic rings. The number of esters is 1. The summed E-state index contributed by atoms with van der Waals surface area (Å²) in [6.07, 6.45) is 1.12. The van der Waals surface area contributed by atoms with Crippen LogP contribution >= 0.6 is 11.6 Å². The third-order valence-electron chi connectivity index (χ3n) is 3.03. The van der Waals surface area contributed by atoms with Gasteiger partial charge in [-0.05, 0) is 31.0 Å². The molecule has 0 aliphatic rings. The van der Waals surface area contributed by atoms with E-state index >= 15 is 0 Å². The van der Waals surface area contributed by atoms with Gasteiger partial charge in [-0.1, -0.05) is 23.7 Å². The second-order valence-corrected chi connectivity index (χ2v) is 5.30. The molecule has 122 valence electrons. The lowest BCUT2D eigenvalue weighted by atomic mass is 10.2. The SMILES string of the molecule is CCOC(=O)CCCNC(=NC)N(C)Cc1cccc(Cl)c1. The molecular weight excluding hydrogens is 302 g/mol. The van der Waals surface area contributed by atoms with Crippen LogP contribution in [-0.2, 0) is 16.1 Å². The standard InChI is InChI=1S/C16H24ClN3O2/c1-4-22-15(21)9-6-10-19-16(18-2)20(3)12-13-7-5-8-14(17)11-13/h5,7-8,11H,4,6,9-10,12H2,1-3H3,(H,18,19). The molecule has 0 saturated heterocycles. The highest BCUT2D eigenvalue weighted by molar-refractivity contribution is 6.30. The fraction of sp³-hybridized carbons (Fsp3) is 0.500. The van der Waals surface area contributed by atoms with Crippen LogP contribution in [0.4, 0.5) is 0 Å². The lowest BCUT2D eigenvalue weighted by Gasteiger charge is -2.22. The number of nitrogens with one attached hydrogen (secondary N) is 1. The minimum absolute atomic E-state index is 0.161. The second kappa shape index (κ2) is 10.1. The van der Waals surface area contributed by atoms with Gasteiger partial charge in [0, 0.05) is 38.6 Å². The van der Waals surface area contributed by atoms with E-state index in [4.69, 9.17) is 16.3 Å². The van der Waals surface area contributed by atoms with Gasteiger partial charge in [-0.3, -0.25) is 9.79 Å².